The highest BCUT2D eigenvalue weighted by Gasteiger charge is 2.25. The number of nitrogens with zero attached hydrogens (tertiary/aromatic N) is 11. The zero-order chi connectivity index (χ0) is 59.7. The van der Waals surface area contributed by atoms with Gasteiger partial charge in [-0.25, -0.2) is 4.98 Å². The Bertz CT molecular complexity index is 4250. The topological polar surface area (TPSA) is 396 Å². The zero-order valence-corrected chi connectivity index (χ0v) is 49.0. The molecule has 0 bridgehead atoms. The summed E-state index contributed by atoms with van der Waals surface area (Å²) in [5, 5.41) is 57.6. The van der Waals surface area contributed by atoms with Gasteiger partial charge in [0.05, 0.1) is 76.1 Å². The fourth-order valence-electron chi connectivity index (χ4n) is 7.73. The molecule has 0 saturated heterocycles. The molecule has 0 saturated carbocycles. The Hall–Kier alpha value is -7.32. The molecule has 0 atom stereocenters. The van der Waals surface area contributed by atoms with Gasteiger partial charge in [-0.3, -0.25) is 22.6 Å². The quantitative estimate of drug-likeness (QED) is 0.0154. The molecule has 0 aliphatic carbocycles. The number of thioether (sulfide) groups is 2. The predicted octanol–water partition coefficient (Wildman–Crippen LogP) is 12.6. The van der Waals surface area contributed by atoms with Crippen molar-refractivity contribution in [1.29, 1.82) is 5.26 Å². The molecule has 0 aliphatic heterocycles. The van der Waals surface area contributed by atoms with Gasteiger partial charge in [0.1, 0.15) is 33.7 Å². The maximum Gasteiger partial charge on any atom is 0.298 e. The van der Waals surface area contributed by atoms with Gasteiger partial charge in [0.2, 0.25) is 5.88 Å². The highest BCUT2D eigenvalue weighted by atomic mass is 32.2. The van der Waals surface area contributed by atoms with Crippen molar-refractivity contribution in [1.82, 2.24) is 9.38 Å². The summed E-state index contributed by atoms with van der Waals surface area (Å²) in [6.45, 7) is 6.40. The Kier molecular flexibility index (Phi) is 20.0. The molecule has 0 aliphatic rings. The molecule has 2 heterocycles. The zero-order valence-electron chi connectivity index (χ0n) is 44.1. The number of benzene rings is 5. The molecule has 82 heavy (non-hydrogen) atoms. The first-order chi connectivity index (χ1) is 38.6. The fourth-order valence-corrected chi connectivity index (χ4v) is 12.2. The Morgan fingerprint density at radius 2 is 1.09 bits per heavy atom. The largest absolute Gasteiger partial charge is 0.495 e. The van der Waals surface area contributed by atoms with Gasteiger partial charge in [-0.2, -0.15) is 59.4 Å². The number of fused-ring (bicyclic) bond motifs is 3. The van der Waals surface area contributed by atoms with E-state index in [-0.39, 0.29) is 93.7 Å². The Morgan fingerprint density at radius 3 is 1.60 bits per heavy atom. The van der Waals surface area contributed by atoms with Gasteiger partial charge in [0, 0.05) is 27.5 Å². The van der Waals surface area contributed by atoms with E-state index in [1.807, 2.05) is 31.2 Å². The molecule has 0 radical (unpaired) electrons. The Balaban J connectivity index is 1.27. The number of hydrogen-bond acceptors (Lipinski definition) is 23. The summed E-state index contributed by atoms with van der Waals surface area (Å²) in [6.07, 6.45) is 0.0118. The molecule has 2 aromatic heterocycles. The van der Waals surface area contributed by atoms with Crippen molar-refractivity contribution >= 4 is 126 Å². The van der Waals surface area contributed by atoms with Crippen molar-refractivity contribution in [3.05, 3.63) is 107 Å². The van der Waals surface area contributed by atoms with E-state index in [9.17, 15) is 62.3 Å². The normalized spacial score (nSPS) is 12.7. The summed E-state index contributed by atoms with van der Waals surface area (Å²) in [4.78, 5) is 4.83. The monoisotopic (exact) mass is 1240 g/mol. The van der Waals surface area contributed by atoms with Crippen LogP contribution in [0.25, 0.3) is 16.7 Å². The van der Waals surface area contributed by atoms with Gasteiger partial charge in [0.25, 0.3) is 40.5 Å². The molecule has 5 aromatic carbocycles. The van der Waals surface area contributed by atoms with Gasteiger partial charge < -0.3 is 14.6 Å². The molecule has 0 unspecified atom stereocenters. The minimum absolute atomic E-state index is 0.0105. The number of methoxy groups -OCH3 is 1. The van der Waals surface area contributed by atoms with E-state index < -0.39 is 68.5 Å². The fraction of sp³-hybridized carbons (Fsp3) is 0.280. The number of azo groups is 4. The number of rotatable bonds is 25. The van der Waals surface area contributed by atoms with Gasteiger partial charge in [-0.1, -0.05) is 18.2 Å². The third-order valence-corrected chi connectivity index (χ3v) is 17.3. The lowest BCUT2D eigenvalue weighted by molar-refractivity contribution is 0.317. The second kappa shape index (κ2) is 26.3. The standard InChI is InChI=1S/C50H51N11O15S6/c1-29-20-39(57-60-48-32(4)34(28-51)49-52-38-24-44(75-5)47(82(72,73)74)27-42(38)61(49)50(48)62)43(76-14-9-17-79(63,64)65)23-35(29)55-58-40-22-31(3)37(26-46(40)78-16-11-19-81(69,70)71)56-59-41-21-30(2)36(54-53-33-12-7-6-8-13-33)25-45(41)77-15-10-18-80(66,67)68/h6-8,12-13,20-27,62H,9-11,14-19H2,1-5H3,(H,63,64,65)(H,66,67,68)(H,69,70,71)(H,72,73,74). The van der Waals surface area contributed by atoms with Crippen LogP contribution in [0, 0.1) is 39.0 Å². The molecule has 32 heteroatoms. The average molecular weight is 1240 g/mol. The summed E-state index contributed by atoms with van der Waals surface area (Å²) in [5.41, 5.74) is 3.89. The number of aryl methyl sites for hydroxylation is 3. The van der Waals surface area contributed by atoms with E-state index >= 15 is 0 Å². The van der Waals surface area contributed by atoms with Crippen LogP contribution < -0.4 is 9.47 Å². The first-order valence-corrected chi connectivity index (χ1v) is 32.4. The van der Waals surface area contributed by atoms with Crippen molar-refractivity contribution in [2.45, 2.75) is 61.6 Å². The Labute approximate surface area is 479 Å². The minimum atomic E-state index is -4.86. The van der Waals surface area contributed by atoms with E-state index in [0.29, 0.717) is 54.9 Å². The predicted molar refractivity (Wildman–Crippen MR) is 307 cm³/mol. The molecule has 7 aromatic rings. The molecule has 26 nitrogen and oxygen atoms in total. The highest BCUT2D eigenvalue weighted by molar-refractivity contribution is 7.99. The Morgan fingerprint density at radius 1 is 0.598 bits per heavy atom. The van der Waals surface area contributed by atoms with E-state index in [1.165, 1.54) is 55.8 Å². The summed E-state index contributed by atoms with van der Waals surface area (Å²) < 4.78 is 144. The molecule has 7 rings (SSSR count). The second-order valence-corrected chi connectivity index (χ2v) is 26.3. The van der Waals surface area contributed by atoms with E-state index in [4.69, 9.17) is 9.47 Å². The third-order valence-electron chi connectivity index (χ3n) is 11.8. The minimum Gasteiger partial charge on any atom is -0.495 e. The van der Waals surface area contributed by atoms with Crippen LogP contribution in [0.1, 0.15) is 47.1 Å². The van der Waals surface area contributed by atoms with Crippen LogP contribution in [-0.2, 0) is 40.5 Å². The first kappa shape index (κ1) is 62.3. The van der Waals surface area contributed by atoms with Crippen molar-refractivity contribution in [3.63, 3.8) is 0 Å². The van der Waals surface area contributed by atoms with Gasteiger partial charge in [0.15, 0.2) is 11.3 Å². The molecular weight excluding hydrogens is 1190 g/mol. The number of ether oxygens (including phenoxy) is 2. The van der Waals surface area contributed by atoms with E-state index in [2.05, 4.69) is 45.9 Å². The van der Waals surface area contributed by atoms with Crippen molar-refractivity contribution in [3.8, 4) is 23.4 Å². The molecular formula is C50H51N11O15S6. The number of aromatic hydroxyl groups is 1. The number of hydrogen-bond donors (Lipinski definition) is 5. The van der Waals surface area contributed by atoms with E-state index in [1.54, 1.807) is 50.2 Å². The van der Waals surface area contributed by atoms with Gasteiger partial charge in [-0.05, 0) is 124 Å². The van der Waals surface area contributed by atoms with Crippen molar-refractivity contribution in [2.24, 2.45) is 40.9 Å². The lowest BCUT2D eigenvalue weighted by Gasteiger charge is -2.12. The SMILES string of the molecule is COc1cc2nc3c(C#N)c(C)c(N=Nc4cc(C)c(N=Nc5cc(C)c(N=Nc6cc(C)c(N=Nc7ccccc7)cc6SCCCS(=O)(=O)O)cc5SCCCS(=O)(=O)O)cc4OCCCS(=O)(=O)O)c(O)n3c2cc1S(=O)(=O)O. The first-order valence-electron chi connectivity index (χ1n) is 24.2. The smallest absolute Gasteiger partial charge is 0.298 e. The lowest BCUT2D eigenvalue weighted by atomic mass is 10.1. The van der Waals surface area contributed by atoms with Crippen LogP contribution >= 0.6 is 23.5 Å². The van der Waals surface area contributed by atoms with Gasteiger partial charge in [-0.15, -0.1) is 44.0 Å². The van der Waals surface area contributed by atoms with Crippen LogP contribution in [-0.4, -0.2) is 109 Å². The van der Waals surface area contributed by atoms with Crippen LogP contribution in [0.2, 0.25) is 0 Å². The third kappa shape index (κ3) is 16.4. The molecule has 0 spiro atoms. The van der Waals surface area contributed by atoms with Crippen LogP contribution in [0.3, 0.4) is 0 Å². The number of imidazole rings is 1. The number of pyridine rings is 1. The van der Waals surface area contributed by atoms with E-state index in [0.717, 1.165) is 10.5 Å². The summed E-state index contributed by atoms with van der Waals surface area (Å²) >= 11 is 2.47. The molecule has 0 fully saturated rings. The molecule has 432 valence electrons. The van der Waals surface area contributed by atoms with Crippen molar-refractivity contribution < 1.29 is 66.5 Å². The molecule has 5 N–H and O–H groups in total. The molecule has 0 amide bonds. The lowest BCUT2D eigenvalue weighted by Crippen LogP contribution is -2.08. The highest BCUT2D eigenvalue weighted by Crippen LogP contribution is 2.44. The summed E-state index contributed by atoms with van der Waals surface area (Å²) in [7, 11) is -16.5. The maximum atomic E-state index is 12.3. The summed E-state index contributed by atoms with van der Waals surface area (Å²) in [5.74, 6) is -2.04. The summed E-state index contributed by atoms with van der Waals surface area (Å²) in [6, 6.07) is 23.1. The van der Waals surface area contributed by atoms with Gasteiger partial charge >= 0.3 is 0 Å². The van der Waals surface area contributed by atoms with Crippen LogP contribution in [0.4, 0.5) is 45.5 Å². The number of nitriles is 1. The van der Waals surface area contributed by atoms with Crippen LogP contribution in [0.5, 0.6) is 17.4 Å². The second-order valence-electron chi connectivity index (χ2n) is 17.9. The maximum absolute atomic E-state index is 12.3. The average Bonchev–Trinajstić information content (AvgIpc) is 2.42. The number of aromatic nitrogens is 2. The van der Waals surface area contributed by atoms with Crippen LogP contribution in [0.15, 0.2) is 134 Å². The van der Waals surface area contributed by atoms with Crippen molar-refractivity contribution in [2.75, 3.05) is 42.5 Å².